The van der Waals surface area contributed by atoms with Gasteiger partial charge in [0.15, 0.2) is 0 Å². The number of hydrogen-bond acceptors (Lipinski definition) is 3. The number of imidazole rings is 1. The molecule has 0 spiro atoms. The molecule has 1 N–H and O–H groups in total. The number of nitrogens with one attached hydrogen (secondary N) is 1. The molecule has 0 unspecified atom stereocenters. The zero-order valence-corrected chi connectivity index (χ0v) is 12.0. The second-order valence-electron chi connectivity index (χ2n) is 4.87. The standard InChI is InChI=1S/C15H21N3O/c1-11-5-13(7-16-3)6-12(2)15(11)19-9-14-8-17-10-18(14)4/h5-6,8,10,16H,7,9H2,1-4H3. The zero-order valence-electron chi connectivity index (χ0n) is 12.0. The zero-order chi connectivity index (χ0) is 13.8. The fraction of sp³-hybridized carbons (Fsp3) is 0.400. The molecule has 102 valence electrons. The number of ether oxygens (including phenoxy) is 1. The molecule has 1 heterocycles. The Morgan fingerprint density at radius 3 is 2.47 bits per heavy atom. The molecule has 2 rings (SSSR count). The molecule has 0 fully saturated rings. The summed E-state index contributed by atoms with van der Waals surface area (Å²) in [5.41, 5.74) is 4.70. The van der Waals surface area contributed by atoms with Gasteiger partial charge in [-0.1, -0.05) is 12.1 Å². The maximum atomic E-state index is 5.94. The van der Waals surface area contributed by atoms with Crippen LogP contribution in [0.4, 0.5) is 0 Å². The Hall–Kier alpha value is -1.81. The maximum absolute atomic E-state index is 5.94. The quantitative estimate of drug-likeness (QED) is 0.895. The van der Waals surface area contributed by atoms with Gasteiger partial charge in [-0.25, -0.2) is 4.98 Å². The number of nitrogens with zero attached hydrogens (tertiary/aromatic N) is 2. The third-order valence-corrected chi connectivity index (χ3v) is 3.18. The molecule has 4 nitrogen and oxygen atoms in total. The molecule has 4 heteroatoms. The van der Waals surface area contributed by atoms with Gasteiger partial charge in [0.2, 0.25) is 0 Å². The summed E-state index contributed by atoms with van der Waals surface area (Å²) in [5, 5.41) is 3.17. The van der Waals surface area contributed by atoms with E-state index in [9.17, 15) is 0 Å². The molecule has 0 saturated carbocycles. The van der Waals surface area contributed by atoms with Gasteiger partial charge in [0.25, 0.3) is 0 Å². The summed E-state index contributed by atoms with van der Waals surface area (Å²) in [6.07, 6.45) is 3.62. The minimum Gasteiger partial charge on any atom is -0.487 e. The van der Waals surface area contributed by atoms with Crippen LogP contribution in [-0.2, 0) is 20.2 Å². The number of rotatable bonds is 5. The molecular formula is C15H21N3O. The monoisotopic (exact) mass is 259 g/mol. The van der Waals surface area contributed by atoms with Gasteiger partial charge in [0.1, 0.15) is 12.4 Å². The Labute approximate surface area is 114 Å². The van der Waals surface area contributed by atoms with E-state index >= 15 is 0 Å². The molecule has 0 aliphatic rings. The summed E-state index contributed by atoms with van der Waals surface area (Å²) in [7, 11) is 3.93. The van der Waals surface area contributed by atoms with Gasteiger partial charge in [-0.2, -0.15) is 0 Å². The van der Waals surface area contributed by atoms with E-state index in [2.05, 4.69) is 36.3 Å². The van der Waals surface area contributed by atoms with Crippen molar-refractivity contribution in [2.75, 3.05) is 7.05 Å². The third kappa shape index (κ3) is 3.15. The van der Waals surface area contributed by atoms with Gasteiger partial charge in [-0.15, -0.1) is 0 Å². The molecule has 0 bridgehead atoms. The fourth-order valence-corrected chi connectivity index (χ4v) is 2.24. The highest BCUT2D eigenvalue weighted by Gasteiger charge is 2.07. The van der Waals surface area contributed by atoms with E-state index < -0.39 is 0 Å². The SMILES string of the molecule is CNCc1cc(C)c(OCc2cncn2C)c(C)c1. The molecule has 0 aliphatic carbocycles. The molecule has 0 radical (unpaired) electrons. The maximum Gasteiger partial charge on any atom is 0.130 e. The molecule has 2 aromatic rings. The average Bonchev–Trinajstić information content (AvgIpc) is 2.74. The Morgan fingerprint density at radius 1 is 1.26 bits per heavy atom. The lowest BCUT2D eigenvalue weighted by Gasteiger charge is -2.14. The first kappa shape index (κ1) is 13.6. The normalized spacial score (nSPS) is 10.7. The molecule has 1 aromatic carbocycles. The van der Waals surface area contributed by atoms with Gasteiger partial charge in [0.05, 0.1) is 18.2 Å². The van der Waals surface area contributed by atoms with Crippen molar-refractivity contribution in [1.82, 2.24) is 14.9 Å². The van der Waals surface area contributed by atoms with Crippen molar-refractivity contribution >= 4 is 0 Å². The van der Waals surface area contributed by atoms with Crippen molar-refractivity contribution in [2.45, 2.75) is 27.0 Å². The average molecular weight is 259 g/mol. The van der Waals surface area contributed by atoms with Gasteiger partial charge in [0, 0.05) is 13.6 Å². The van der Waals surface area contributed by atoms with E-state index in [0.29, 0.717) is 6.61 Å². The fourth-order valence-electron chi connectivity index (χ4n) is 2.24. The smallest absolute Gasteiger partial charge is 0.130 e. The highest BCUT2D eigenvalue weighted by Crippen LogP contribution is 2.25. The lowest BCUT2D eigenvalue weighted by Crippen LogP contribution is -2.07. The summed E-state index contributed by atoms with van der Waals surface area (Å²) in [6, 6.07) is 4.34. The van der Waals surface area contributed by atoms with Crippen molar-refractivity contribution in [3.05, 3.63) is 47.0 Å². The predicted octanol–water partition coefficient (Wildman–Crippen LogP) is 2.34. The van der Waals surface area contributed by atoms with E-state index in [4.69, 9.17) is 4.74 Å². The largest absolute Gasteiger partial charge is 0.487 e. The van der Waals surface area contributed by atoms with Crippen molar-refractivity contribution < 1.29 is 4.74 Å². The van der Waals surface area contributed by atoms with Crippen molar-refractivity contribution in [2.24, 2.45) is 7.05 Å². The van der Waals surface area contributed by atoms with Crippen LogP contribution in [-0.4, -0.2) is 16.6 Å². The molecule has 0 saturated heterocycles. The molecule has 19 heavy (non-hydrogen) atoms. The van der Waals surface area contributed by atoms with E-state index in [-0.39, 0.29) is 0 Å². The minimum absolute atomic E-state index is 0.545. The van der Waals surface area contributed by atoms with Crippen LogP contribution in [0.15, 0.2) is 24.7 Å². The Bertz CT molecular complexity index is 537. The van der Waals surface area contributed by atoms with Crippen molar-refractivity contribution in [1.29, 1.82) is 0 Å². The number of aryl methyl sites for hydroxylation is 3. The first-order valence-corrected chi connectivity index (χ1v) is 6.44. The van der Waals surface area contributed by atoms with Gasteiger partial charge < -0.3 is 14.6 Å². The number of aromatic nitrogens is 2. The van der Waals surface area contributed by atoms with E-state index in [1.165, 1.54) is 16.7 Å². The van der Waals surface area contributed by atoms with Gasteiger partial charge in [-0.3, -0.25) is 0 Å². The second kappa shape index (κ2) is 5.89. The van der Waals surface area contributed by atoms with Gasteiger partial charge >= 0.3 is 0 Å². The van der Waals surface area contributed by atoms with Crippen LogP contribution in [0.2, 0.25) is 0 Å². The van der Waals surface area contributed by atoms with E-state index in [0.717, 1.165) is 18.0 Å². The van der Waals surface area contributed by atoms with Crippen LogP contribution in [0.25, 0.3) is 0 Å². The van der Waals surface area contributed by atoms with Crippen LogP contribution in [0.5, 0.6) is 5.75 Å². The lowest BCUT2D eigenvalue weighted by molar-refractivity contribution is 0.293. The van der Waals surface area contributed by atoms with Crippen molar-refractivity contribution in [3.8, 4) is 5.75 Å². The highest BCUT2D eigenvalue weighted by molar-refractivity contribution is 5.43. The first-order chi connectivity index (χ1) is 9.11. The van der Waals surface area contributed by atoms with Gasteiger partial charge in [-0.05, 0) is 37.6 Å². The first-order valence-electron chi connectivity index (χ1n) is 6.44. The lowest BCUT2D eigenvalue weighted by atomic mass is 10.1. The topological polar surface area (TPSA) is 39.1 Å². The molecule has 0 aliphatic heterocycles. The summed E-state index contributed by atoms with van der Waals surface area (Å²) in [6.45, 7) is 5.60. The molecule has 0 amide bonds. The van der Waals surface area contributed by atoms with Crippen molar-refractivity contribution in [3.63, 3.8) is 0 Å². The van der Waals surface area contributed by atoms with Crippen LogP contribution in [0, 0.1) is 13.8 Å². The summed E-state index contributed by atoms with van der Waals surface area (Å²) in [5.74, 6) is 0.973. The van der Waals surface area contributed by atoms with E-state index in [1.54, 1.807) is 6.33 Å². The third-order valence-electron chi connectivity index (χ3n) is 3.18. The van der Waals surface area contributed by atoms with Crippen LogP contribution in [0.3, 0.4) is 0 Å². The molecule has 0 atom stereocenters. The second-order valence-corrected chi connectivity index (χ2v) is 4.87. The summed E-state index contributed by atoms with van der Waals surface area (Å²) in [4.78, 5) is 4.09. The number of benzene rings is 1. The number of hydrogen-bond donors (Lipinski definition) is 1. The predicted molar refractivity (Wildman–Crippen MR) is 76.2 cm³/mol. The Morgan fingerprint density at radius 2 is 1.95 bits per heavy atom. The van der Waals surface area contributed by atoms with Crippen LogP contribution < -0.4 is 10.1 Å². The minimum atomic E-state index is 0.545. The van der Waals surface area contributed by atoms with Crippen LogP contribution in [0.1, 0.15) is 22.4 Å². The Kier molecular flexibility index (Phi) is 4.22. The van der Waals surface area contributed by atoms with Crippen LogP contribution >= 0.6 is 0 Å². The Balaban J connectivity index is 2.14. The van der Waals surface area contributed by atoms with E-state index in [1.807, 2.05) is 24.9 Å². The molecular weight excluding hydrogens is 238 g/mol. The molecule has 1 aromatic heterocycles. The highest BCUT2D eigenvalue weighted by atomic mass is 16.5. The summed E-state index contributed by atoms with van der Waals surface area (Å²) < 4.78 is 7.92. The summed E-state index contributed by atoms with van der Waals surface area (Å²) >= 11 is 0.